The van der Waals surface area contributed by atoms with Crippen molar-refractivity contribution in [3.8, 4) is 0 Å². The van der Waals surface area contributed by atoms with E-state index in [0.29, 0.717) is 5.69 Å². The van der Waals surface area contributed by atoms with Gasteiger partial charge in [-0.15, -0.1) is 0 Å². The summed E-state index contributed by atoms with van der Waals surface area (Å²) in [5.41, 5.74) is 1.56. The number of halogens is 3. The third kappa shape index (κ3) is 4.97. The number of pyridine rings is 1. The number of aromatic nitrogens is 1. The number of hydrogen-bond acceptors (Lipinski definition) is 4. The van der Waals surface area contributed by atoms with Crippen molar-refractivity contribution in [3.05, 3.63) is 59.4 Å². The number of hydrogen-bond donors (Lipinski definition) is 2. The fourth-order valence-corrected chi connectivity index (χ4v) is 3.00. The third-order valence-corrected chi connectivity index (χ3v) is 4.55. The van der Waals surface area contributed by atoms with E-state index in [-0.39, 0.29) is 18.4 Å². The fourth-order valence-electron chi connectivity index (χ4n) is 3.00. The summed E-state index contributed by atoms with van der Waals surface area (Å²) in [6.45, 7) is 2.48. The van der Waals surface area contributed by atoms with E-state index >= 15 is 0 Å². The Balaban J connectivity index is 1.49. The molecule has 0 spiro atoms. The van der Waals surface area contributed by atoms with Crippen molar-refractivity contribution in [2.75, 3.05) is 25.5 Å². The van der Waals surface area contributed by atoms with E-state index in [1.54, 1.807) is 7.05 Å². The number of carbonyl (C=O) groups is 1. The molecule has 1 saturated heterocycles. The SMILES string of the molecule is CNC(=O)C1CN(Cc2ccc(NCc3cc(C(F)(F)F)ccn3)cc2)C1. The van der Waals surface area contributed by atoms with Gasteiger partial charge in [0.05, 0.1) is 23.7 Å². The standard InChI is InChI=1S/C19H21F3N4O/c1-23-18(27)14-11-26(12-14)10-13-2-4-16(5-3-13)25-9-17-8-15(6-7-24-17)19(20,21)22/h2-8,14,25H,9-12H2,1H3,(H,23,27). The molecule has 2 aromatic rings. The van der Waals surface area contributed by atoms with Gasteiger partial charge in [-0.1, -0.05) is 12.1 Å². The zero-order chi connectivity index (χ0) is 19.4. The highest BCUT2D eigenvalue weighted by Crippen LogP contribution is 2.29. The van der Waals surface area contributed by atoms with Crippen LogP contribution in [0.25, 0.3) is 0 Å². The van der Waals surface area contributed by atoms with Crippen LogP contribution in [-0.2, 0) is 24.1 Å². The molecule has 1 amide bonds. The highest BCUT2D eigenvalue weighted by atomic mass is 19.4. The van der Waals surface area contributed by atoms with E-state index in [9.17, 15) is 18.0 Å². The number of alkyl halides is 3. The highest BCUT2D eigenvalue weighted by Gasteiger charge is 2.32. The van der Waals surface area contributed by atoms with Crippen molar-refractivity contribution < 1.29 is 18.0 Å². The normalized spacial score (nSPS) is 15.3. The van der Waals surface area contributed by atoms with Gasteiger partial charge in [0, 0.05) is 38.6 Å². The molecule has 0 radical (unpaired) electrons. The van der Waals surface area contributed by atoms with Gasteiger partial charge in [-0.2, -0.15) is 13.2 Å². The lowest BCUT2D eigenvalue weighted by Gasteiger charge is -2.38. The molecule has 2 heterocycles. The van der Waals surface area contributed by atoms with Gasteiger partial charge in [-0.05, 0) is 29.8 Å². The van der Waals surface area contributed by atoms with Gasteiger partial charge in [0.2, 0.25) is 5.91 Å². The number of nitrogens with one attached hydrogen (secondary N) is 2. The largest absolute Gasteiger partial charge is 0.416 e. The summed E-state index contributed by atoms with van der Waals surface area (Å²) in [7, 11) is 1.64. The molecule has 3 rings (SSSR count). The molecule has 2 N–H and O–H groups in total. The summed E-state index contributed by atoms with van der Waals surface area (Å²) in [5.74, 6) is 0.143. The lowest BCUT2D eigenvalue weighted by Crippen LogP contribution is -2.52. The Labute approximate surface area is 155 Å². The van der Waals surface area contributed by atoms with E-state index in [1.807, 2.05) is 24.3 Å². The lowest BCUT2D eigenvalue weighted by molar-refractivity contribution is -0.137. The van der Waals surface area contributed by atoms with Crippen molar-refractivity contribution in [2.45, 2.75) is 19.3 Å². The van der Waals surface area contributed by atoms with Gasteiger partial charge in [0.15, 0.2) is 0 Å². The monoisotopic (exact) mass is 378 g/mol. The van der Waals surface area contributed by atoms with Crippen LogP contribution in [-0.4, -0.2) is 35.9 Å². The van der Waals surface area contributed by atoms with Gasteiger partial charge >= 0.3 is 6.18 Å². The highest BCUT2D eigenvalue weighted by molar-refractivity contribution is 5.79. The summed E-state index contributed by atoms with van der Waals surface area (Å²) in [6, 6.07) is 9.72. The van der Waals surface area contributed by atoms with E-state index in [1.165, 1.54) is 6.20 Å². The average molecular weight is 378 g/mol. The maximum atomic E-state index is 12.7. The molecular formula is C19H21F3N4O. The first-order valence-corrected chi connectivity index (χ1v) is 8.64. The molecule has 8 heteroatoms. The predicted octanol–water partition coefficient (Wildman–Crippen LogP) is 2.89. The van der Waals surface area contributed by atoms with E-state index in [4.69, 9.17) is 0 Å². The minimum Gasteiger partial charge on any atom is -0.379 e. The van der Waals surface area contributed by atoms with Crippen LogP contribution in [0.15, 0.2) is 42.6 Å². The van der Waals surface area contributed by atoms with Crippen LogP contribution >= 0.6 is 0 Å². The van der Waals surface area contributed by atoms with Gasteiger partial charge in [0.1, 0.15) is 0 Å². The van der Waals surface area contributed by atoms with Crippen molar-refractivity contribution in [2.24, 2.45) is 5.92 Å². The van der Waals surface area contributed by atoms with Gasteiger partial charge in [0.25, 0.3) is 0 Å². The summed E-state index contributed by atoms with van der Waals surface area (Å²) in [6.07, 6.45) is -3.20. The number of amides is 1. The van der Waals surface area contributed by atoms with Crippen molar-refractivity contribution in [1.29, 1.82) is 0 Å². The Morgan fingerprint density at radius 3 is 2.56 bits per heavy atom. The molecule has 0 saturated carbocycles. The molecule has 0 bridgehead atoms. The van der Waals surface area contributed by atoms with Crippen molar-refractivity contribution in [1.82, 2.24) is 15.2 Å². The first-order chi connectivity index (χ1) is 12.8. The Morgan fingerprint density at radius 2 is 1.93 bits per heavy atom. The second-order valence-corrected chi connectivity index (χ2v) is 6.59. The number of benzene rings is 1. The zero-order valence-corrected chi connectivity index (χ0v) is 14.9. The van der Waals surface area contributed by atoms with Crippen LogP contribution in [0.2, 0.25) is 0 Å². The summed E-state index contributed by atoms with van der Waals surface area (Å²) in [5, 5.41) is 5.74. The molecule has 1 fully saturated rings. The van der Waals surface area contributed by atoms with Gasteiger partial charge < -0.3 is 10.6 Å². The Hall–Kier alpha value is -2.61. The summed E-state index contributed by atoms with van der Waals surface area (Å²) >= 11 is 0. The third-order valence-electron chi connectivity index (χ3n) is 4.55. The van der Waals surface area contributed by atoms with Crippen LogP contribution in [0, 0.1) is 5.92 Å². The summed E-state index contributed by atoms with van der Waals surface area (Å²) < 4.78 is 38.2. The number of anilines is 1. The Kier molecular flexibility index (Phi) is 5.65. The Morgan fingerprint density at radius 1 is 1.22 bits per heavy atom. The minimum absolute atomic E-state index is 0.0656. The van der Waals surface area contributed by atoms with E-state index < -0.39 is 11.7 Å². The van der Waals surface area contributed by atoms with Crippen LogP contribution in [0.5, 0.6) is 0 Å². The number of nitrogens with zero attached hydrogens (tertiary/aromatic N) is 2. The number of carbonyl (C=O) groups excluding carboxylic acids is 1. The number of likely N-dealkylation sites (tertiary alicyclic amines) is 1. The smallest absolute Gasteiger partial charge is 0.379 e. The lowest BCUT2D eigenvalue weighted by atomic mass is 9.98. The number of rotatable bonds is 6. The van der Waals surface area contributed by atoms with Crippen LogP contribution in [0.3, 0.4) is 0 Å². The van der Waals surface area contributed by atoms with Crippen molar-refractivity contribution >= 4 is 11.6 Å². The molecule has 144 valence electrons. The van der Waals surface area contributed by atoms with Gasteiger partial charge in [-0.25, -0.2) is 0 Å². The first-order valence-electron chi connectivity index (χ1n) is 8.64. The van der Waals surface area contributed by atoms with E-state index in [2.05, 4.69) is 20.5 Å². The molecule has 1 aliphatic heterocycles. The molecule has 1 aromatic carbocycles. The maximum Gasteiger partial charge on any atom is 0.416 e. The zero-order valence-electron chi connectivity index (χ0n) is 14.9. The van der Waals surface area contributed by atoms with Gasteiger partial charge in [-0.3, -0.25) is 14.7 Å². The van der Waals surface area contributed by atoms with Crippen LogP contribution in [0.4, 0.5) is 18.9 Å². The predicted molar refractivity (Wildman–Crippen MR) is 95.8 cm³/mol. The second kappa shape index (κ2) is 7.96. The molecule has 27 heavy (non-hydrogen) atoms. The Bertz CT molecular complexity index is 786. The summed E-state index contributed by atoms with van der Waals surface area (Å²) in [4.78, 5) is 17.6. The topological polar surface area (TPSA) is 57.3 Å². The van der Waals surface area contributed by atoms with Crippen LogP contribution in [0.1, 0.15) is 16.8 Å². The fraction of sp³-hybridized carbons (Fsp3) is 0.368. The van der Waals surface area contributed by atoms with Crippen LogP contribution < -0.4 is 10.6 Å². The molecule has 0 unspecified atom stereocenters. The van der Waals surface area contributed by atoms with Crippen molar-refractivity contribution in [3.63, 3.8) is 0 Å². The minimum atomic E-state index is -4.37. The molecular weight excluding hydrogens is 357 g/mol. The molecule has 0 aliphatic carbocycles. The molecule has 5 nitrogen and oxygen atoms in total. The second-order valence-electron chi connectivity index (χ2n) is 6.59. The molecule has 1 aliphatic rings. The molecule has 0 atom stereocenters. The maximum absolute atomic E-state index is 12.7. The van der Waals surface area contributed by atoms with E-state index in [0.717, 1.165) is 43.0 Å². The average Bonchev–Trinajstić information content (AvgIpc) is 2.62. The first kappa shape index (κ1) is 19.2. The quantitative estimate of drug-likeness (QED) is 0.812. The molecule has 1 aromatic heterocycles.